The third-order valence-corrected chi connectivity index (χ3v) is 3.25. The SMILES string of the molecule is CCCCCOC(=O)c1ccnc(-c2cc(C(=O)O)ccn2)c1. The average molecular weight is 314 g/mol. The Morgan fingerprint density at radius 1 is 1.04 bits per heavy atom. The van der Waals surface area contributed by atoms with E-state index < -0.39 is 11.9 Å². The Hall–Kier alpha value is -2.76. The Morgan fingerprint density at radius 2 is 1.65 bits per heavy atom. The maximum absolute atomic E-state index is 12.0. The number of ether oxygens (including phenoxy) is 1. The number of unbranched alkanes of at least 4 members (excludes halogenated alkanes) is 2. The number of hydrogen-bond acceptors (Lipinski definition) is 5. The molecule has 120 valence electrons. The first-order chi connectivity index (χ1) is 11.1. The topological polar surface area (TPSA) is 89.4 Å². The van der Waals surface area contributed by atoms with Gasteiger partial charge in [0, 0.05) is 12.4 Å². The molecular formula is C17H18N2O4. The summed E-state index contributed by atoms with van der Waals surface area (Å²) < 4.78 is 5.20. The lowest BCUT2D eigenvalue weighted by Crippen LogP contribution is -2.07. The molecule has 0 amide bonds. The molecule has 0 aliphatic rings. The summed E-state index contributed by atoms with van der Waals surface area (Å²) in [5, 5.41) is 9.02. The lowest BCUT2D eigenvalue weighted by molar-refractivity contribution is 0.0497. The molecule has 0 aromatic carbocycles. The summed E-state index contributed by atoms with van der Waals surface area (Å²) in [5.74, 6) is -1.46. The summed E-state index contributed by atoms with van der Waals surface area (Å²) >= 11 is 0. The number of carboxylic acid groups (broad SMARTS) is 1. The molecule has 0 radical (unpaired) electrons. The highest BCUT2D eigenvalue weighted by Crippen LogP contribution is 2.17. The molecule has 0 aliphatic carbocycles. The van der Waals surface area contributed by atoms with Gasteiger partial charge in [-0.25, -0.2) is 9.59 Å². The summed E-state index contributed by atoms with van der Waals surface area (Å²) in [4.78, 5) is 31.3. The van der Waals surface area contributed by atoms with Crippen LogP contribution in [0.25, 0.3) is 11.4 Å². The van der Waals surface area contributed by atoms with Crippen LogP contribution in [0.1, 0.15) is 46.9 Å². The molecule has 2 heterocycles. The van der Waals surface area contributed by atoms with Crippen molar-refractivity contribution in [3.05, 3.63) is 47.8 Å². The van der Waals surface area contributed by atoms with Gasteiger partial charge >= 0.3 is 11.9 Å². The van der Waals surface area contributed by atoms with Gasteiger partial charge in [0.2, 0.25) is 0 Å². The highest BCUT2D eigenvalue weighted by molar-refractivity contribution is 5.91. The van der Waals surface area contributed by atoms with Crippen LogP contribution in [0.4, 0.5) is 0 Å². The minimum Gasteiger partial charge on any atom is -0.478 e. The van der Waals surface area contributed by atoms with Crippen LogP contribution in [-0.2, 0) is 4.74 Å². The van der Waals surface area contributed by atoms with Crippen molar-refractivity contribution >= 4 is 11.9 Å². The second-order valence-corrected chi connectivity index (χ2v) is 5.01. The minimum atomic E-state index is -1.04. The van der Waals surface area contributed by atoms with Crippen LogP contribution in [0, 0.1) is 0 Å². The molecule has 0 bridgehead atoms. The maximum atomic E-state index is 12.0. The fourth-order valence-electron chi connectivity index (χ4n) is 2.00. The van der Waals surface area contributed by atoms with Crippen LogP contribution in [0.15, 0.2) is 36.7 Å². The molecule has 6 heteroatoms. The molecule has 0 spiro atoms. The number of esters is 1. The standard InChI is InChI=1S/C17H18N2O4/c1-2-3-4-9-23-17(22)13-6-8-19-15(11-13)14-10-12(16(20)21)5-7-18-14/h5-8,10-11H,2-4,9H2,1H3,(H,20,21). The maximum Gasteiger partial charge on any atom is 0.338 e. The molecule has 0 saturated carbocycles. The molecular weight excluding hydrogens is 296 g/mol. The predicted molar refractivity (Wildman–Crippen MR) is 84.2 cm³/mol. The number of nitrogens with zero attached hydrogens (tertiary/aromatic N) is 2. The van der Waals surface area contributed by atoms with Crippen LogP contribution in [-0.4, -0.2) is 33.6 Å². The Morgan fingerprint density at radius 3 is 2.26 bits per heavy atom. The quantitative estimate of drug-likeness (QED) is 0.623. The van der Waals surface area contributed by atoms with E-state index in [1.165, 1.54) is 24.5 Å². The van der Waals surface area contributed by atoms with Crippen molar-refractivity contribution in [1.29, 1.82) is 0 Å². The zero-order valence-electron chi connectivity index (χ0n) is 12.9. The summed E-state index contributed by atoms with van der Waals surface area (Å²) in [6, 6.07) is 5.93. The molecule has 2 aromatic heterocycles. The summed E-state index contributed by atoms with van der Waals surface area (Å²) in [6.07, 6.45) is 5.79. The van der Waals surface area contributed by atoms with Gasteiger partial charge in [0.15, 0.2) is 0 Å². The van der Waals surface area contributed by atoms with E-state index in [1.807, 2.05) is 0 Å². The van der Waals surface area contributed by atoms with E-state index in [0.29, 0.717) is 23.6 Å². The third-order valence-electron chi connectivity index (χ3n) is 3.25. The van der Waals surface area contributed by atoms with Crippen molar-refractivity contribution in [2.75, 3.05) is 6.61 Å². The second kappa shape index (κ2) is 8.03. The van der Waals surface area contributed by atoms with Crippen molar-refractivity contribution in [3.63, 3.8) is 0 Å². The van der Waals surface area contributed by atoms with E-state index in [4.69, 9.17) is 9.84 Å². The van der Waals surface area contributed by atoms with Gasteiger partial charge < -0.3 is 9.84 Å². The molecule has 0 saturated heterocycles. The number of hydrogen-bond donors (Lipinski definition) is 1. The Labute approximate surface area is 134 Å². The van der Waals surface area contributed by atoms with E-state index >= 15 is 0 Å². The molecule has 0 fully saturated rings. The number of aromatic nitrogens is 2. The highest BCUT2D eigenvalue weighted by atomic mass is 16.5. The van der Waals surface area contributed by atoms with Crippen LogP contribution in [0.3, 0.4) is 0 Å². The smallest absolute Gasteiger partial charge is 0.338 e. The van der Waals surface area contributed by atoms with E-state index in [0.717, 1.165) is 19.3 Å². The third kappa shape index (κ3) is 4.60. The largest absolute Gasteiger partial charge is 0.478 e. The fraction of sp³-hybridized carbons (Fsp3) is 0.294. The molecule has 23 heavy (non-hydrogen) atoms. The molecule has 2 aromatic rings. The normalized spacial score (nSPS) is 10.3. The van der Waals surface area contributed by atoms with Gasteiger partial charge in [-0.2, -0.15) is 0 Å². The summed E-state index contributed by atoms with van der Waals surface area (Å²) in [7, 11) is 0. The lowest BCUT2D eigenvalue weighted by Gasteiger charge is -2.06. The van der Waals surface area contributed by atoms with Crippen molar-refractivity contribution in [2.24, 2.45) is 0 Å². The number of carboxylic acids is 1. The van der Waals surface area contributed by atoms with Crippen LogP contribution in [0.2, 0.25) is 0 Å². The van der Waals surface area contributed by atoms with Gasteiger partial charge in [-0.3, -0.25) is 9.97 Å². The number of aromatic carboxylic acids is 1. The van der Waals surface area contributed by atoms with Crippen molar-refractivity contribution < 1.29 is 19.4 Å². The second-order valence-electron chi connectivity index (χ2n) is 5.01. The first kappa shape index (κ1) is 16.6. The molecule has 6 nitrogen and oxygen atoms in total. The highest BCUT2D eigenvalue weighted by Gasteiger charge is 2.11. The number of carbonyl (C=O) groups excluding carboxylic acids is 1. The molecule has 0 atom stereocenters. The number of carbonyl (C=O) groups is 2. The first-order valence-electron chi connectivity index (χ1n) is 7.44. The van der Waals surface area contributed by atoms with E-state index in [9.17, 15) is 9.59 Å². The summed E-state index contributed by atoms with van der Waals surface area (Å²) in [5.41, 5.74) is 1.31. The number of pyridine rings is 2. The monoisotopic (exact) mass is 314 g/mol. The Bertz CT molecular complexity index is 700. The molecule has 0 aliphatic heterocycles. The van der Waals surface area contributed by atoms with Crippen LogP contribution < -0.4 is 0 Å². The minimum absolute atomic E-state index is 0.115. The van der Waals surface area contributed by atoms with Gasteiger partial charge in [-0.15, -0.1) is 0 Å². The van der Waals surface area contributed by atoms with Crippen LogP contribution >= 0.6 is 0 Å². The Balaban J connectivity index is 2.15. The van der Waals surface area contributed by atoms with E-state index in [-0.39, 0.29) is 5.56 Å². The van der Waals surface area contributed by atoms with E-state index in [1.54, 1.807) is 12.1 Å². The van der Waals surface area contributed by atoms with Crippen molar-refractivity contribution in [2.45, 2.75) is 26.2 Å². The zero-order valence-corrected chi connectivity index (χ0v) is 12.9. The zero-order chi connectivity index (χ0) is 16.7. The Kier molecular flexibility index (Phi) is 5.80. The predicted octanol–water partition coefficient (Wildman–Crippen LogP) is 3.19. The number of rotatable bonds is 7. The van der Waals surface area contributed by atoms with Gasteiger partial charge in [0.25, 0.3) is 0 Å². The van der Waals surface area contributed by atoms with Crippen molar-refractivity contribution in [3.8, 4) is 11.4 Å². The van der Waals surface area contributed by atoms with Crippen molar-refractivity contribution in [1.82, 2.24) is 9.97 Å². The lowest BCUT2D eigenvalue weighted by atomic mass is 10.1. The van der Waals surface area contributed by atoms with Gasteiger partial charge in [0.1, 0.15) is 0 Å². The van der Waals surface area contributed by atoms with Gasteiger partial charge in [-0.1, -0.05) is 19.8 Å². The average Bonchev–Trinajstić information content (AvgIpc) is 2.59. The first-order valence-corrected chi connectivity index (χ1v) is 7.44. The molecule has 1 N–H and O–H groups in total. The van der Waals surface area contributed by atoms with E-state index in [2.05, 4.69) is 16.9 Å². The summed E-state index contributed by atoms with van der Waals surface area (Å²) in [6.45, 7) is 2.46. The fourth-order valence-corrected chi connectivity index (χ4v) is 2.00. The van der Waals surface area contributed by atoms with Crippen LogP contribution in [0.5, 0.6) is 0 Å². The molecule has 0 unspecified atom stereocenters. The van der Waals surface area contributed by atoms with Gasteiger partial charge in [-0.05, 0) is 30.7 Å². The van der Waals surface area contributed by atoms with Gasteiger partial charge in [0.05, 0.1) is 29.1 Å². The molecule has 2 rings (SSSR count).